The first-order valence-electron chi connectivity index (χ1n) is 7.10. The van der Waals surface area contributed by atoms with Gasteiger partial charge in [-0.1, -0.05) is 0 Å². The standard InChI is InChI=1S/C8H16N2O4.C5H9NO4.2ClH.2H2N.Pt/c1-9(2)3-4-10(5-7(11)12)6-8(13)14;1-6(2-4(7)8)3-5(9)10;;;;;/h3-6H2,1-2H3,(H,11,12)(H,13,14);2-3H2,1H3,(H,7,8)(H,9,10);2*1H;2*1H2;/q;;;;2*-1;+4/p-2. The molecule has 0 saturated carbocycles. The molecule has 0 amide bonds. The maximum atomic E-state index is 10.4. The quantitative estimate of drug-likeness (QED) is 0.246. The molecule has 0 rings (SSSR count). The van der Waals surface area contributed by atoms with Crippen molar-refractivity contribution in [3.05, 3.63) is 12.3 Å². The molecule has 0 aromatic carbocycles. The van der Waals surface area contributed by atoms with Crippen molar-refractivity contribution < 1.29 is 56.1 Å². The van der Waals surface area contributed by atoms with Crippen LogP contribution in [0.1, 0.15) is 0 Å². The van der Waals surface area contributed by atoms with Gasteiger partial charge in [0, 0.05) is 13.1 Å². The van der Waals surface area contributed by atoms with Crippen molar-refractivity contribution in [2.45, 2.75) is 0 Å². The number of halogens is 2. The molecule has 178 valence electrons. The van der Waals surface area contributed by atoms with Crippen LogP contribution in [0.25, 0.3) is 12.3 Å². The molecule has 0 heterocycles. The predicted octanol–water partition coefficient (Wildman–Crippen LogP) is 0.917. The summed E-state index contributed by atoms with van der Waals surface area (Å²) in [6.45, 7) is 0.116. The topological polar surface area (TPSA) is 226 Å². The molecule has 8 N–H and O–H groups in total. The zero-order valence-corrected chi connectivity index (χ0v) is 20.0. The molecule has 0 fully saturated rings. The molecule has 0 unspecified atom stereocenters. The molecule has 0 aliphatic heterocycles. The fraction of sp³-hybridized carbons (Fsp3) is 0.692. The molecule has 0 aromatic rings. The molecule has 16 heteroatoms. The summed E-state index contributed by atoms with van der Waals surface area (Å²) in [6.07, 6.45) is 0. The van der Waals surface area contributed by atoms with E-state index >= 15 is 0 Å². The Morgan fingerprint density at radius 3 is 1.17 bits per heavy atom. The first kappa shape index (κ1) is 38.5. The summed E-state index contributed by atoms with van der Waals surface area (Å²) in [5, 5.41) is 33.4. The number of likely N-dealkylation sites (N-methyl/N-ethyl adjacent to an activating group) is 2. The van der Waals surface area contributed by atoms with Crippen LogP contribution < -0.4 is 0 Å². The van der Waals surface area contributed by atoms with Crippen LogP contribution in [0.2, 0.25) is 0 Å². The van der Waals surface area contributed by atoms with Gasteiger partial charge in [0.05, 0.1) is 26.2 Å². The number of rotatable bonds is 11. The zero-order chi connectivity index (χ0) is 22.0. The van der Waals surface area contributed by atoms with Gasteiger partial charge in [0.1, 0.15) is 0 Å². The summed E-state index contributed by atoms with van der Waals surface area (Å²) in [5.74, 6) is -4.07. The van der Waals surface area contributed by atoms with Gasteiger partial charge in [-0.25, -0.2) is 0 Å². The Bertz CT molecular complexity index is 431. The van der Waals surface area contributed by atoms with E-state index in [-0.39, 0.29) is 38.5 Å². The Morgan fingerprint density at radius 1 is 0.690 bits per heavy atom. The number of carboxylic acid groups (broad SMARTS) is 4. The molecular weight excluding hydrogens is 620 g/mol. The van der Waals surface area contributed by atoms with Crippen LogP contribution in [0.5, 0.6) is 0 Å². The van der Waals surface area contributed by atoms with E-state index < -0.39 is 40.4 Å². The second-order valence-corrected chi connectivity index (χ2v) is 8.59. The molecular formula is C13H29Cl2N5O8Pt. The van der Waals surface area contributed by atoms with Crippen molar-refractivity contribution in [1.82, 2.24) is 14.7 Å². The number of carbonyl (C=O) groups is 4. The minimum Gasteiger partial charge on any atom is -0.693 e. The Hall–Kier alpha value is -1.05. The predicted molar refractivity (Wildman–Crippen MR) is 105 cm³/mol. The zero-order valence-electron chi connectivity index (χ0n) is 16.2. The molecule has 0 radical (unpaired) electrons. The second-order valence-electron chi connectivity index (χ2n) is 5.31. The smallest absolute Gasteiger partial charge is 0.693 e. The first-order valence-corrected chi connectivity index (χ1v) is 12.7. The van der Waals surface area contributed by atoms with Crippen molar-refractivity contribution in [1.29, 1.82) is 0 Å². The van der Waals surface area contributed by atoms with Crippen LogP contribution in [-0.2, 0) is 35.7 Å². The number of nitrogens with two attached hydrogens (primary N) is 2. The van der Waals surface area contributed by atoms with Gasteiger partial charge in [0.2, 0.25) is 0 Å². The third kappa shape index (κ3) is 42.2. The van der Waals surface area contributed by atoms with Gasteiger partial charge >= 0.3 is 59.2 Å². The number of hydrogen-bond acceptors (Lipinski definition) is 7. The monoisotopic (exact) mass is 648 g/mol. The minimum atomic E-state index is -1.02. The molecule has 0 aliphatic rings. The van der Waals surface area contributed by atoms with Crippen molar-refractivity contribution >= 4 is 42.7 Å². The van der Waals surface area contributed by atoms with E-state index in [4.69, 9.17) is 39.3 Å². The van der Waals surface area contributed by atoms with Gasteiger partial charge in [0.25, 0.3) is 0 Å². The third-order valence-corrected chi connectivity index (χ3v) is 2.39. The molecule has 0 spiro atoms. The molecule has 0 saturated heterocycles. The van der Waals surface area contributed by atoms with E-state index in [2.05, 4.69) is 0 Å². The van der Waals surface area contributed by atoms with Gasteiger partial charge in [-0.05, 0) is 21.1 Å². The molecule has 0 aliphatic carbocycles. The van der Waals surface area contributed by atoms with Crippen molar-refractivity contribution in [2.24, 2.45) is 0 Å². The Labute approximate surface area is 186 Å². The summed E-state index contributed by atoms with van der Waals surface area (Å²) in [7, 11) is 14.9. The SMILES string of the molecule is CN(C)CCN(CC(=O)O)CC(=O)O.CN(CC(=O)O)CC(=O)O.[Cl][Pt+2][Cl].[NH2-].[NH2-]. The van der Waals surface area contributed by atoms with E-state index in [0.29, 0.717) is 13.1 Å². The fourth-order valence-corrected chi connectivity index (χ4v) is 1.46. The van der Waals surface area contributed by atoms with Crippen molar-refractivity contribution in [2.75, 3.05) is 60.4 Å². The average Bonchev–Trinajstić information content (AvgIpc) is 2.43. The minimum absolute atomic E-state index is 0. The Balaban J connectivity index is -0.000000113. The van der Waals surface area contributed by atoms with Gasteiger partial charge in [-0.2, -0.15) is 0 Å². The van der Waals surface area contributed by atoms with Crippen molar-refractivity contribution in [3.8, 4) is 0 Å². The van der Waals surface area contributed by atoms with E-state index in [1.807, 2.05) is 19.0 Å². The van der Waals surface area contributed by atoms with Crippen LogP contribution in [0.4, 0.5) is 0 Å². The largest absolute Gasteiger partial charge is 0.693 e. The molecule has 0 aromatic heterocycles. The van der Waals surface area contributed by atoms with Crippen LogP contribution in [0.15, 0.2) is 0 Å². The number of hydrogen-bond donors (Lipinski definition) is 4. The third-order valence-electron chi connectivity index (χ3n) is 2.39. The fourth-order valence-electron chi connectivity index (χ4n) is 1.46. The van der Waals surface area contributed by atoms with Crippen LogP contribution >= 0.6 is 18.8 Å². The van der Waals surface area contributed by atoms with E-state index in [9.17, 15) is 19.2 Å². The van der Waals surface area contributed by atoms with Gasteiger partial charge < -0.3 is 37.6 Å². The summed E-state index contributed by atoms with van der Waals surface area (Å²) >= 11 is -0.472. The van der Waals surface area contributed by atoms with Gasteiger partial charge in [0.15, 0.2) is 0 Å². The van der Waals surface area contributed by atoms with Crippen LogP contribution in [0.3, 0.4) is 0 Å². The number of carboxylic acids is 4. The summed E-state index contributed by atoms with van der Waals surface area (Å²) in [6, 6.07) is 0. The van der Waals surface area contributed by atoms with Gasteiger partial charge in [-0.3, -0.25) is 29.0 Å². The van der Waals surface area contributed by atoms with E-state index in [0.717, 1.165) is 0 Å². The maximum absolute atomic E-state index is 10.4. The normalized spacial score (nSPS) is 9.38. The first-order chi connectivity index (χ1) is 12.3. The number of aliphatic carboxylic acids is 4. The maximum Gasteiger partial charge on any atom is -0.693 e. The average molecular weight is 649 g/mol. The summed E-state index contributed by atoms with van der Waals surface area (Å²) in [4.78, 5) is 45.1. The Morgan fingerprint density at radius 2 is 0.966 bits per heavy atom. The van der Waals surface area contributed by atoms with E-state index in [1.54, 1.807) is 0 Å². The van der Waals surface area contributed by atoms with Crippen LogP contribution in [0, 0.1) is 0 Å². The Kier molecular flexibility index (Phi) is 33.2. The van der Waals surface area contributed by atoms with E-state index in [1.165, 1.54) is 16.8 Å². The molecule has 0 bridgehead atoms. The van der Waals surface area contributed by atoms with Gasteiger partial charge in [-0.15, -0.1) is 0 Å². The summed E-state index contributed by atoms with van der Waals surface area (Å²) in [5.41, 5.74) is 0. The number of nitrogens with zero attached hydrogens (tertiary/aromatic N) is 3. The second kappa shape index (κ2) is 25.0. The molecule has 29 heavy (non-hydrogen) atoms. The summed E-state index contributed by atoms with van der Waals surface area (Å²) < 4.78 is 0. The van der Waals surface area contributed by atoms with Crippen LogP contribution in [-0.4, -0.2) is 119 Å². The van der Waals surface area contributed by atoms with Crippen molar-refractivity contribution in [3.63, 3.8) is 0 Å². The molecule has 0 atom stereocenters. The molecule has 13 nitrogen and oxygen atoms in total.